The van der Waals surface area contributed by atoms with Gasteiger partial charge in [0, 0.05) is 12.6 Å². The van der Waals surface area contributed by atoms with E-state index in [4.69, 9.17) is 9.47 Å². The van der Waals surface area contributed by atoms with Gasteiger partial charge < -0.3 is 14.8 Å². The zero-order chi connectivity index (χ0) is 16.1. The number of hydrogen-bond acceptors (Lipinski definition) is 3. The average Bonchev–Trinajstić information content (AvgIpc) is 2.59. The number of rotatable bonds is 4. The molecule has 1 heterocycles. The predicted octanol–water partition coefficient (Wildman–Crippen LogP) is 3.10. The Morgan fingerprint density at radius 3 is 2.61 bits per heavy atom. The summed E-state index contributed by atoms with van der Waals surface area (Å²) in [5, 5.41) is 2.87. The first-order valence-corrected chi connectivity index (χ1v) is 7.62. The molecule has 0 unspecified atom stereocenters. The van der Waals surface area contributed by atoms with Crippen LogP contribution in [0, 0.1) is 6.92 Å². The molecule has 118 valence electrons. The Bertz CT molecular complexity index is 720. The molecule has 4 heteroatoms. The monoisotopic (exact) mass is 309 g/mol. The largest absolute Gasteiger partial charge is 0.486 e. The molecule has 0 spiro atoms. The molecule has 0 saturated heterocycles. The van der Waals surface area contributed by atoms with Gasteiger partial charge >= 0.3 is 0 Å². The van der Waals surface area contributed by atoms with Crippen LogP contribution in [0.1, 0.15) is 16.7 Å². The van der Waals surface area contributed by atoms with Crippen LogP contribution in [0.15, 0.2) is 48.5 Å². The molecule has 0 saturated carbocycles. The van der Waals surface area contributed by atoms with Gasteiger partial charge in [-0.2, -0.15) is 0 Å². The normalized spacial score (nSPS) is 13.1. The highest BCUT2D eigenvalue weighted by Crippen LogP contribution is 2.31. The van der Waals surface area contributed by atoms with Crippen LogP contribution in [-0.2, 0) is 11.3 Å². The molecule has 2 aromatic rings. The molecule has 0 radical (unpaired) electrons. The zero-order valence-corrected chi connectivity index (χ0v) is 13.0. The van der Waals surface area contributed by atoms with E-state index < -0.39 is 0 Å². The lowest BCUT2D eigenvalue weighted by Gasteiger charge is -2.18. The quantitative estimate of drug-likeness (QED) is 0.883. The summed E-state index contributed by atoms with van der Waals surface area (Å²) < 4.78 is 11.0. The van der Waals surface area contributed by atoms with E-state index in [1.165, 1.54) is 11.6 Å². The molecule has 4 nitrogen and oxygen atoms in total. The summed E-state index contributed by atoms with van der Waals surface area (Å²) in [7, 11) is 0. The number of carbonyl (C=O) groups excluding carboxylic acids is 1. The SMILES string of the molecule is Cc1ccc(CNC(=O)/C=C/c2ccc3c(c2)OCCO3)cc1. The van der Waals surface area contributed by atoms with E-state index in [1.54, 1.807) is 6.08 Å². The molecule has 1 N–H and O–H groups in total. The van der Waals surface area contributed by atoms with Crippen molar-refractivity contribution in [3.63, 3.8) is 0 Å². The van der Waals surface area contributed by atoms with Gasteiger partial charge in [-0.15, -0.1) is 0 Å². The molecule has 23 heavy (non-hydrogen) atoms. The fourth-order valence-corrected chi connectivity index (χ4v) is 2.29. The number of ether oxygens (including phenoxy) is 2. The standard InChI is InChI=1S/C19H19NO3/c1-14-2-4-16(5-3-14)13-20-19(21)9-7-15-6-8-17-18(12-15)23-11-10-22-17/h2-9,12H,10-11,13H2,1H3,(H,20,21)/b9-7+. The fraction of sp³-hybridized carbons (Fsp3) is 0.211. The molecule has 0 atom stereocenters. The van der Waals surface area contributed by atoms with E-state index in [-0.39, 0.29) is 5.91 Å². The molecule has 0 bridgehead atoms. The van der Waals surface area contributed by atoms with Gasteiger partial charge in [0.2, 0.25) is 5.91 Å². The highest BCUT2D eigenvalue weighted by molar-refractivity contribution is 5.91. The summed E-state index contributed by atoms with van der Waals surface area (Å²) in [5.41, 5.74) is 3.19. The third-order valence-corrected chi connectivity index (χ3v) is 3.58. The van der Waals surface area contributed by atoms with Crippen molar-refractivity contribution in [1.29, 1.82) is 0 Å². The average molecular weight is 309 g/mol. The third kappa shape index (κ3) is 4.13. The zero-order valence-electron chi connectivity index (χ0n) is 13.0. The molecule has 0 aliphatic carbocycles. The number of benzene rings is 2. The van der Waals surface area contributed by atoms with Crippen molar-refractivity contribution >= 4 is 12.0 Å². The Labute approximate surface area is 135 Å². The molecule has 1 amide bonds. The number of aryl methyl sites for hydroxylation is 1. The Morgan fingerprint density at radius 1 is 1.09 bits per heavy atom. The smallest absolute Gasteiger partial charge is 0.244 e. The van der Waals surface area contributed by atoms with Crippen LogP contribution in [-0.4, -0.2) is 19.1 Å². The van der Waals surface area contributed by atoms with Crippen LogP contribution in [0.3, 0.4) is 0 Å². The Kier molecular flexibility index (Phi) is 4.62. The number of amides is 1. The van der Waals surface area contributed by atoms with E-state index in [2.05, 4.69) is 5.32 Å². The Hall–Kier alpha value is -2.75. The van der Waals surface area contributed by atoms with E-state index in [0.717, 1.165) is 22.6 Å². The van der Waals surface area contributed by atoms with Crippen molar-refractivity contribution in [2.24, 2.45) is 0 Å². The molecular weight excluding hydrogens is 290 g/mol. The summed E-state index contributed by atoms with van der Waals surface area (Å²) in [6, 6.07) is 13.7. The second kappa shape index (κ2) is 7.01. The second-order valence-electron chi connectivity index (χ2n) is 5.44. The third-order valence-electron chi connectivity index (χ3n) is 3.58. The van der Waals surface area contributed by atoms with Gasteiger partial charge in [-0.1, -0.05) is 35.9 Å². The van der Waals surface area contributed by atoms with Crippen molar-refractivity contribution in [1.82, 2.24) is 5.32 Å². The van der Waals surface area contributed by atoms with Gasteiger partial charge in [0.15, 0.2) is 11.5 Å². The molecule has 1 aliphatic heterocycles. The molecule has 2 aromatic carbocycles. The first-order valence-electron chi connectivity index (χ1n) is 7.62. The highest BCUT2D eigenvalue weighted by atomic mass is 16.6. The van der Waals surface area contributed by atoms with Gasteiger partial charge in [0.1, 0.15) is 13.2 Å². The second-order valence-corrected chi connectivity index (χ2v) is 5.44. The molecule has 0 fully saturated rings. The van der Waals surface area contributed by atoms with E-state index in [1.807, 2.05) is 49.4 Å². The highest BCUT2D eigenvalue weighted by Gasteiger charge is 2.10. The van der Waals surface area contributed by atoms with E-state index >= 15 is 0 Å². The summed E-state index contributed by atoms with van der Waals surface area (Å²) in [5.74, 6) is 1.34. The summed E-state index contributed by atoms with van der Waals surface area (Å²) in [4.78, 5) is 11.9. The lowest BCUT2D eigenvalue weighted by Crippen LogP contribution is -2.20. The van der Waals surface area contributed by atoms with Crippen molar-refractivity contribution in [2.45, 2.75) is 13.5 Å². The van der Waals surface area contributed by atoms with Crippen molar-refractivity contribution in [3.8, 4) is 11.5 Å². The molecular formula is C19H19NO3. The number of nitrogens with one attached hydrogen (secondary N) is 1. The van der Waals surface area contributed by atoms with Gasteiger partial charge in [0.25, 0.3) is 0 Å². The lowest BCUT2D eigenvalue weighted by molar-refractivity contribution is -0.116. The predicted molar refractivity (Wildman–Crippen MR) is 89.5 cm³/mol. The van der Waals surface area contributed by atoms with Crippen molar-refractivity contribution < 1.29 is 14.3 Å². The van der Waals surface area contributed by atoms with Crippen LogP contribution in [0.2, 0.25) is 0 Å². The van der Waals surface area contributed by atoms with Crippen LogP contribution < -0.4 is 14.8 Å². The summed E-state index contributed by atoms with van der Waals surface area (Å²) in [6.07, 6.45) is 3.29. The van der Waals surface area contributed by atoms with Gasteiger partial charge in [-0.05, 0) is 36.3 Å². The summed E-state index contributed by atoms with van der Waals surface area (Å²) in [6.45, 7) is 3.68. The lowest BCUT2D eigenvalue weighted by atomic mass is 10.1. The topological polar surface area (TPSA) is 47.6 Å². The molecule has 3 rings (SSSR count). The number of carbonyl (C=O) groups is 1. The number of hydrogen-bond donors (Lipinski definition) is 1. The van der Waals surface area contributed by atoms with Crippen LogP contribution in [0.25, 0.3) is 6.08 Å². The molecule has 1 aliphatic rings. The minimum absolute atomic E-state index is 0.125. The van der Waals surface area contributed by atoms with Gasteiger partial charge in [-0.25, -0.2) is 0 Å². The minimum Gasteiger partial charge on any atom is -0.486 e. The maximum atomic E-state index is 11.9. The Morgan fingerprint density at radius 2 is 1.83 bits per heavy atom. The first kappa shape index (κ1) is 15.2. The van der Waals surface area contributed by atoms with Crippen LogP contribution >= 0.6 is 0 Å². The summed E-state index contributed by atoms with van der Waals surface area (Å²) >= 11 is 0. The van der Waals surface area contributed by atoms with Crippen LogP contribution in [0.4, 0.5) is 0 Å². The number of fused-ring (bicyclic) bond motifs is 1. The molecule has 0 aromatic heterocycles. The van der Waals surface area contributed by atoms with Gasteiger partial charge in [0.05, 0.1) is 0 Å². The van der Waals surface area contributed by atoms with E-state index in [0.29, 0.717) is 19.8 Å². The van der Waals surface area contributed by atoms with Gasteiger partial charge in [-0.3, -0.25) is 4.79 Å². The maximum absolute atomic E-state index is 11.9. The fourth-order valence-electron chi connectivity index (χ4n) is 2.29. The van der Waals surface area contributed by atoms with Crippen molar-refractivity contribution in [3.05, 3.63) is 65.2 Å². The van der Waals surface area contributed by atoms with Crippen LogP contribution in [0.5, 0.6) is 11.5 Å². The maximum Gasteiger partial charge on any atom is 0.244 e. The minimum atomic E-state index is -0.125. The first-order chi connectivity index (χ1) is 11.2. The van der Waals surface area contributed by atoms with Crippen molar-refractivity contribution in [2.75, 3.05) is 13.2 Å². The van der Waals surface area contributed by atoms with E-state index in [9.17, 15) is 4.79 Å². The Balaban J connectivity index is 1.56.